The third-order valence-corrected chi connectivity index (χ3v) is 1.91. The molecule has 53 valence electrons. The van der Waals surface area contributed by atoms with Gasteiger partial charge in [-0.05, 0) is 23.6 Å². The van der Waals surface area contributed by atoms with Gasteiger partial charge in [-0.3, -0.25) is 0 Å². The minimum Gasteiger partial charge on any atom is -0.0587 e. The van der Waals surface area contributed by atoms with Gasteiger partial charge in [0.1, 0.15) is 0 Å². The maximum Gasteiger partial charge on any atom is 0.0256 e. The van der Waals surface area contributed by atoms with Crippen molar-refractivity contribution < 1.29 is 0 Å². The van der Waals surface area contributed by atoms with E-state index in [-0.39, 0.29) is 0 Å². The van der Waals surface area contributed by atoms with Crippen LogP contribution in [0.2, 0.25) is 0 Å². The number of halogens is 1. The molecule has 1 aromatic rings. The summed E-state index contributed by atoms with van der Waals surface area (Å²) in [4.78, 5) is 0. The Kier molecular flexibility index (Phi) is 2.50. The summed E-state index contributed by atoms with van der Waals surface area (Å²) in [5.41, 5.74) is 1.35. The van der Waals surface area contributed by atoms with Gasteiger partial charge in [0.05, 0.1) is 0 Å². The van der Waals surface area contributed by atoms with Gasteiger partial charge in [-0.2, -0.15) is 0 Å². The summed E-state index contributed by atoms with van der Waals surface area (Å²) in [5, 5.41) is 0. The van der Waals surface area contributed by atoms with Gasteiger partial charge in [0.25, 0.3) is 0 Å². The molecule has 0 saturated heterocycles. The van der Waals surface area contributed by atoms with Crippen LogP contribution in [0.4, 0.5) is 0 Å². The second-order valence-corrected chi connectivity index (χ2v) is 3.48. The first kappa shape index (κ1) is 7.80. The van der Waals surface area contributed by atoms with Gasteiger partial charge in [0.15, 0.2) is 0 Å². The lowest BCUT2D eigenvalue weighted by molar-refractivity contribution is 0.865. The van der Waals surface area contributed by atoms with Crippen LogP contribution in [-0.4, -0.2) is 0 Å². The smallest absolute Gasteiger partial charge is 0.0256 e. The highest BCUT2D eigenvalue weighted by Gasteiger charge is 1.97. The first-order chi connectivity index (χ1) is 4.70. The normalized spacial score (nSPS) is 10.4. The minimum absolute atomic E-state index is 0.603. The highest BCUT2D eigenvalue weighted by atomic mass is 79.9. The molecule has 0 nitrogen and oxygen atoms in total. The zero-order chi connectivity index (χ0) is 7.56. The monoisotopic (exact) mass is 197 g/mol. The third-order valence-electron chi connectivity index (χ3n) is 1.46. The summed E-state index contributed by atoms with van der Waals surface area (Å²) in [7, 11) is 0. The molecule has 0 aliphatic heterocycles. The van der Waals surface area contributed by atoms with E-state index in [1.807, 2.05) is 6.07 Å². The van der Waals surface area contributed by atoms with Crippen molar-refractivity contribution in [3.05, 3.63) is 34.3 Å². The molecule has 0 unspecified atom stereocenters. The summed E-state index contributed by atoms with van der Waals surface area (Å²) in [6, 6.07) is 9.18. The van der Waals surface area contributed by atoms with Crippen molar-refractivity contribution in [2.24, 2.45) is 0 Å². The van der Waals surface area contributed by atoms with Crippen molar-refractivity contribution >= 4 is 15.9 Å². The molecule has 0 aliphatic rings. The fourth-order valence-electron chi connectivity index (χ4n) is 0.813. The van der Waals surface area contributed by atoms with Crippen LogP contribution in [0.3, 0.4) is 0 Å². The number of hydrogen-bond acceptors (Lipinski definition) is 0. The molecule has 0 amide bonds. The maximum absolute atomic E-state index is 3.37. The van der Waals surface area contributed by atoms with E-state index in [0.717, 1.165) is 4.47 Å². The first-order valence-corrected chi connectivity index (χ1v) is 4.16. The van der Waals surface area contributed by atoms with Crippen LogP contribution in [-0.2, 0) is 0 Å². The molecule has 0 spiro atoms. The van der Waals surface area contributed by atoms with Crippen molar-refractivity contribution in [3.8, 4) is 0 Å². The predicted molar refractivity (Wildman–Crippen MR) is 47.1 cm³/mol. The molecular formula is C9H10Br. The van der Waals surface area contributed by atoms with E-state index >= 15 is 0 Å². The Morgan fingerprint density at radius 2 is 2.20 bits per heavy atom. The van der Waals surface area contributed by atoms with E-state index in [9.17, 15) is 0 Å². The van der Waals surface area contributed by atoms with Crippen LogP contribution >= 0.6 is 15.9 Å². The largest absolute Gasteiger partial charge is 0.0587 e. The fraction of sp³-hybridized carbons (Fsp3) is 0.333. The minimum atomic E-state index is 0.603. The predicted octanol–water partition coefficient (Wildman–Crippen LogP) is 3.37. The Morgan fingerprint density at radius 1 is 1.50 bits per heavy atom. The Hall–Kier alpha value is -0.300. The van der Waals surface area contributed by atoms with Crippen LogP contribution in [0.1, 0.15) is 25.3 Å². The molecule has 0 bridgehead atoms. The molecule has 1 heteroatoms. The average molecular weight is 198 g/mol. The maximum atomic E-state index is 3.37. The van der Waals surface area contributed by atoms with Crippen LogP contribution < -0.4 is 0 Å². The lowest BCUT2D eigenvalue weighted by Gasteiger charge is -2.03. The molecule has 0 saturated carbocycles. The summed E-state index contributed by atoms with van der Waals surface area (Å²) < 4.78 is 1.04. The molecule has 0 aromatic heterocycles. The highest BCUT2D eigenvalue weighted by Crippen LogP contribution is 2.17. The second kappa shape index (κ2) is 3.20. The van der Waals surface area contributed by atoms with Gasteiger partial charge >= 0.3 is 0 Å². The Balaban J connectivity index is 2.96. The van der Waals surface area contributed by atoms with Crippen LogP contribution in [0.15, 0.2) is 22.7 Å². The van der Waals surface area contributed by atoms with E-state index in [2.05, 4.69) is 48.0 Å². The SMILES string of the molecule is CC(C)c1cc[c]c(Br)c1. The molecule has 0 aliphatic carbocycles. The second-order valence-electron chi connectivity index (χ2n) is 2.62. The summed E-state index contributed by atoms with van der Waals surface area (Å²) in [5.74, 6) is 0.603. The number of hydrogen-bond donors (Lipinski definition) is 0. The van der Waals surface area contributed by atoms with Gasteiger partial charge in [-0.1, -0.05) is 41.9 Å². The molecule has 1 aromatic carbocycles. The van der Waals surface area contributed by atoms with Crippen LogP contribution in [0, 0.1) is 6.07 Å². The average Bonchev–Trinajstić information content (AvgIpc) is 1.88. The van der Waals surface area contributed by atoms with Crippen molar-refractivity contribution in [1.29, 1.82) is 0 Å². The van der Waals surface area contributed by atoms with E-state index in [1.54, 1.807) is 0 Å². The topological polar surface area (TPSA) is 0 Å². The summed E-state index contributed by atoms with van der Waals surface area (Å²) in [6.07, 6.45) is 0. The molecule has 1 rings (SSSR count). The van der Waals surface area contributed by atoms with Gasteiger partial charge in [0, 0.05) is 4.47 Å². The van der Waals surface area contributed by atoms with Gasteiger partial charge in [-0.25, -0.2) is 0 Å². The van der Waals surface area contributed by atoms with Crippen molar-refractivity contribution in [3.63, 3.8) is 0 Å². The Morgan fingerprint density at radius 3 is 2.60 bits per heavy atom. The molecule has 0 fully saturated rings. The lowest BCUT2D eigenvalue weighted by atomic mass is 10.0. The number of rotatable bonds is 1. The van der Waals surface area contributed by atoms with E-state index < -0.39 is 0 Å². The lowest BCUT2D eigenvalue weighted by Crippen LogP contribution is -1.85. The Bertz CT molecular complexity index is 216. The first-order valence-electron chi connectivity index (χ1n) is 3.37. The zero-order valence-electron chi connectivity index (χ0n) is 6.19. The molecule has 10 heavy (non-hydrogen) atoms. The zero-order valence-corrected chi connectivity index (χ0v) is 7.77. The summed E-state index contributed by atoms with van der Waals surface area (Å²) in [6.45, 7) is 4.36. The molecule has 0 atom stereocenters. The fourth-order valence-corrected chi connectivity index (χ4v) is 1.21. The van der Waals surface area contributed by atoms with E-state index in [0.29, 0.717) is 5.92 Å². The van der Waals surface area contributed by atoms with Crippen molar-refractivity contribution in [1.82, 2.24) is 0 Å². The van der Waals surface area contributed by atoms with Crippen molar-refractivity contribution in [2.75, 3.05) is 0 Å². The van der Waals surface area contributed by atoms with Gasteiger partial charge in [0.2, 0.25) is 0 Å². The van der Waals surface area contributed by atoms with Crippen LogP contribution in [0.25, 0.3) is 0 Å². The third kappa shape index (κ3) is 1.84. The molecule has 1 radical (unpaired) electrons. The summed E-state index contributed by atoms with van der Waals surface area (Å²) >= 11 is 3.37. The Labute approximate surface area is 70.4 Å². The van der Waals surface area contributed by atoms with E-state index in [4.69, 9.17) is 0 Å². The highest BCUT2D eigenvalue weighted by molar-refractivity contribution is 9.10. The van der Waals surface area contributed by atoms with E-state index in [1.165, 1.54) is 5.56 Å². The van der Waals surface area contributed by atoms with Gasteiger partial charge < -0.3 is 0 Å². The molecular weight excluding hydrogens is 188 g/mol. The number of benzene rings is 1. The van der Waals surface area contributed by atoms with Crippen LogP contribution in [0.5, 0.6) is 0 Å². The van der Waals surface area contributed by atoms with Crippen molar-refractivity contribution in [2.45, 2.75) is 19.8 Å². The molecule has 0 N–H and O–H groups in total. The molecule has 0 heterocycles. The standard InChI is InChI=1S/C9H10Br/c1-7(2)8-4-3-5-9(10)6-8/h3-4,6-7H,1-2H3. The van der Waals surface area contributed by atoms with Gasteiger partial charge in [-0.15, -0.1) is 0 Å². The quantitative estimate of drug-likeness (QED) is 0.648.